The summed E-state index contributed by atoms with van der Waals surface area (Å²) in [5.41, 5.74) is 2.55. The molecule has 5 heteroatoms. The minimum atomic E-state index is -0.587. The number of hydrogen-bond donors (Lipinski definition) is 2. The van der Waals surface area contributed by atoms with E-state index in [1.54, 1.807) is 30.5 Å². The molecule has 27 heavy (non-hydrogen) atoms. The zero-order valence-electron chi connectivity index (χ0n) is 14.8. The Morgan fingerprint density at radius 3 is 2.70 bits per heavy atom. The Morgan fingerprint density at radius 2 is 1.89 bits per heavy atom. The average molecular weight is 360 g/mol. The SMILES string of the molecule is Cc1cc[nH+]c(N[C@H](c2ccccc2F)c2ccc3cccnc3c2O)c1. The summed E-state index contributed by atoms with van der Waals surface area (Å²) in [6.45, 7) is 1.98. The summed E-state index contributed by atoms with van der Waals surface area (Å²) < 4.78 is 14.6. The normalized spacial score (nSPS) is 12.1. The second kappa shape index (κ2) is 7.03. The maximum Gasteiger partial charge on any atom is 0.273 e. The van der Waals surface area contributed by atoms with Gasteiger partial charge in [0.15, 0.2) is 6.04 Å². The molecule has 0 fully saturated rings. The maximum atomic E-state index is 14.6. The van der Waals surface area contributed by atoms with Crippen LogP contribution in [0.1, 0.15) is 22.7 Å². The first kappa shape index (κ1) is 17.0. The van der Waals surface area contributed by atoms with E-state index in [0.717, 1.165) is 16.8 Å². The van der Waals surface area contributed by atoms with Crippen molar-refractivity contribution in [2.24, 2.45) is 0 Å². The summed E-state index contributed by atoms with van der Waals surface area (Å²) in [7, 11) is 0. The largest absolute Gasteiger partial charge is 0.505 e. The monoisotopic (exact) mass is 360 g/mol. The highest BCUT2D eigenvalue weighted by atomic mass is 19.1. The number of benzene rings is 2. The first-order valence-electron chi connectivity index (χ1n) is 8.69. The Bertz CT molecular complexity index is 1110. The van der Waals surface area contributed by atoms with Gasteiger partial charge in [0.1, 0.15) is 17.1 Å². The molecular weight excluding hydrogens is 341 g/mol. The van der Waals surface area contributed by atoms with Crippen molar-refractivity contribution >= 4 is 16.7 Å². The Labute approximate surface area is 156 Å². The van der Waals surface area contributed by atoms with Crippen molar-refractivity contribution in [3.8, 4) is 5.75 Å². The number of nitrogens with zero attached hydrogens (tertiary/aromatic N) is 1. The molecule has 0 radical (unpaired) electrons. The van der Waals surface area contributed by atoms with E-state index in [1.165, 1.54) is 6.07 Å². The molecule has 0 aliphatic heterocycles. The van der Waals surface area contributed by atoms with E-state index < -0.39 is 6.04 Å². The lowest BCUT2D eigenvalue weighted by Gasteiger charge is -2.18. The van der Waals surface area contributed by atoms with Crippen LogP contribution < -0.4 is 10.3 Å². The summed E-state index contributed by atoms with van der Waals surface area (Å²) in [6.07, 6.45) is 3.45. The number of H-pyrrole nitrogens is 1. The molecule has 2 aromatic carbocycles. The van der Waals surface area contributed by atoms with E-state index in [9.17, 15) is 9.50 Å². The maximum absolute atomic E-state index is 14.6. The van der Waals surface area contributed by atoms with Gasteiger partial charge in [-0.15, -0.1) is 0 Å². The fourth-order valence-electron chi connectivity index (χ4n) is 3.23. The van der Waals surface area contributed by atoms with Gasteiger partial charge >= 0.3 is 0 Å². The zero-order valence-corrected chi connectivity index (χ0v) is 14.8. The van der Waals surface area contributed by atoms with Crippen molar-refractivity contribution in [2.75, 3.05) is 5.32 Å². The van der Waals surface area contributed by atoms with Crippen LogP contribution in [0.4, 0.5) is 10.2 Å². The molecule has 134 valence electrons. The van der Waals surface area contributed by atoms with Crippen LogP contribution in [0.15, 0.2) is 73.1 Å². The van der Waals surface area contributed by atoms with E-state index in [-0.39, 0.29) is 11.6 Å². The highest BCUT2D eigenvalue weighted by Gasteiger charge is 2.26. The summed E-state index contributed by atoms with van der Waals surface area (Å²) in [5.74, 6) is 0.424. The number of hydrogen-bond acceptors (Lipinski definition) is 3. The van der Waals surface area contributed by atoms with Crippen LogP contribution in [0.2, 0.25) is 0 Å². The molecule has 0 unspecified atom stereocenters. The molecule has 0 aliphatic rings. The highest BCUT2D eigenvalue weighted by Crippen LogP contribution is 2.36. The first-order valence-corrected chi connectivity index (χ1v) is 8.69. The van der Waals surface area contributed by atoms with Gasteiger partial charge < -0.3 is 5.11 Å². The number of nitrogens with one attached hydrogen (secondary N) is 2. The lowest BCUT2D eigenvalue weighted by molar-refractivity contribution is -0.361. The quantitative estimate of drug-likeness (QED) is 0.567. The van der Waals surface area contributed by atoms with E-state index in [4.69, 9.17) is 0 Å². The van der Waals surface area contributed by atoms with Gasteiger partial charge in [0.25, 0.3) is 5.82 Å². The molecule has 0 saturated carbocycles. The number of aryl methyl sites for hydroxylation is 1. The number of aromatic hydroxyl groups is 1. The third-order valence-electron chi connectivity index (χ3n) is 4.56. The van der Waals surface area contributed by atoms with Gasteiger partial charge in [-0.25, -0.2) is 9.37 Å². The van der Waals surface area contributed by atoms with Crippen molar-refractivity contribution < 1.29 is 14.5 Å². The van der Waals surface area contributed by atoms with E-state index in [2.05, 4.69) is 15.3 Å². The molecular formula is C22H19FN3O+. The molecule has 2 heterocycles. The van der Waals surface area contributed by atoms with Crippen LogP contribution in [0.5, 0.6) is 5.75 Å². The predicted octanol–water partition coefficient (Wildman–Crippen LogP) is 4.40. The van der Waals surface area contributed by atoms with Crippen LogP contribution in [-0.2, 0) is 0 Å². The minimum absolute atomic E-state index is 0.0431. The van der Waals surface area contributed by atoms with E-state index in [0.29, 0.717) is 16.6 Å². The second-order valence-corrected chi connectivity index (χ2v) is 6.46. The number of rotatable bonds is 4. The fourth-order valence-corrected chi connectivity index (χ4v) is 3.23. The molecule has 4 rings (SSSR count). The van der Waals surface area contributed by atoms with Crippen LogP contribution >= 0.6 is 0 Å². The molecule has 1 atom stereocenters. The molecule has 4 nitrogen and oxygen atoms in total. The molecule has 2 aromatic heterocycles. The van der Waals surface area contributed by atoms with Crippen molar-refractivity contribution in [1.29, 1.82) is 0 Å². The van der Waals surface area contributed by atoms with Gasteiger partial charge in [0.05, 0.1) is 6.20 Å². The molecule has 4 aromatic rings. The van der Waals surface area contributed by atoms with Crippen LogP contribution in [0, 0.1) is 12.7 Å². The van der Waals surface area contributed by atoms with Gasteiger partial charge in [-0.2, -0.15) is 0 Å². The molecule has 0 bridgehead atoms. The minimum Gasteiger partial charge on any atom is -0.505 e. The van der Waals surface area contributed by atoms with Crippen molar-refractivity contribution in [3.05, 3.63) is 95.6 Å². The van der Waals surface area contributed by atoms with Gasteiger partial charge in [-0.1, -0.05) is 30.3 Å². The number of aromatic nitrogens is 2. The lowest BCUT2D eigenvalue weighted by Crippen LogP contribution is -2.20. The topological polar surface area (TPSA) is 59.3 Å². The number of phenols is 1. The number of fused-ring (bicyclic) bond motifs is 1. The smallest absolute Gasteiger partial charge is 0.273 e. The molecule has 3 N–H and O–H groups in total. The number of anilines is 1. The third kappa shape index (κ3) is 3.31. The molecule has 0 amide bonds. The Hall–Kier alpha value is -3.47. The Kier molecular flexibility index (Phi) is 4.42. The third-order valence-corrected chi connectivity index (χ3v) is 4.56. The van der Waals surface area contributed by atoms with Crippen molar-refractivity contribution in [3.63, 3.8) is 0 Å². The van der Waals surface area contributed by atoms with Crippen LogP contribution in [-0.4, -0.2) is 10.1 Å². The average Bonchev–Trinajstić information content (AvgIpc) is 2.68. The molecule has 0 saturated heterocycles. The molecule has 0 spiro atoms. The highest BCUT2D eigenvalue weighted by molar-refractivity contribution is 5.86. The van der Waals surface area contributed by atoms with Crippen molar-refractivity contribution in [2.45, 2.75) is 13.0 Å². The fraction of sp³-hybridized carbons (Fsp3) is 0.0909. The van der Waals surface area contributed by atoms with Crippen LogP contribution in [0.3, 0.4) is 0 Å². The van der Waals surface area contributed by atoms with Gasteiger partial charge in [0, 0.05) is 28.8 Å². The number of phenolic OH excluding ortho intramolecular Hbond substituents is 1. The Balaban J connectivity index is 1.88. The summed E-state index contributed by atoms with van der Waals surface area (Å²) >= 11 is 0. The number of pyridine rings is 2. The number of halogens is 1. The van der Waals surface area contributed by atoms with Crippen molar-refractivity contribution in [1.82, 2.24) is 4.98 Å². The van der Waals surface area contributed by atoms with Gasteiger partial charge in [-0.05, 0) is 36.8 Å². The predicted molar refractivity (Wildman–Crippen MR) is 103 cm³/mol. The lowest BCUT2D eigenvalue weighted by atomic mass is 9.95. The van der Waals surface area contributed by atoms with E-state index >= 15 is 0 Å². The van der Waals surface area contributed by atoms with Gasteiger partial charge in [0.2, 0.25) is 0 Å². The first-order chi connectivity index (χ1) is 13.1. The summed E-state index contributed by atoms with van der Waals surface area (Å²) in [5, 5.41) is 15.0. The van der Waals surface area contributed by atoms with Crippen LogP contribution in [0.25, 0.3) is 10.9 Å². The standard InChI is InChI=1S/C22H18FN3O/c1-14-10-12-24-19(13-14)26-21(16-6-2-3-7-18(16)23)17-9-8-15-5-4-11-25-20(15)22(17)27/h2-13,21,27H,1H3,(H,24,26)/p+1/t21-/m1/s1. The Morgan fingerprint density at radius 1 is 1.04 bits per heavy atom. The second-order valence-electron chi connectivity index (χ2n) is 6.46. The zero-order chi connectivity index (χ0) is 18.8. The number of aromatic amines is 1. The summed E-state index contributed by atoms with van der Waals surface area (Å²) in [4.78, 5) is 7.41. The van der Waals surface area contributed by atoms with E-state index in [1.807, 2.05) is 43.5 Å². The molecule has 0 aliphatic carbocycles. The van der Waals surface area contributed by atoms with Gasteiger partial charge in [-0.3, -0.25) is 10.3 Å². The summed E-state index contributed by atoms with van der Waals surface area (Å²) in [6, 6.07) is 17.2.